The van der Waals surface area contributed by atoms with Crippen LogP contribution in [0.15, 0.2) is 23.4 Å². The number of nitrogens with one attached hydrogen (secondary N) is 1. The largest absolute Gasteiger partial charge is 0.481 e. The minimum Gasteiger partial charge on any atom is -0.481 e. The molecule has 2 aromatic rings. The highest BCUT2D eigenvalue weighted by molar-refractivity contribution is 14.1. The molecule has 1 aromatic carbocycles. The van der Waals surface area contributed by atoms with E-state index in [4.69, 9.17) is 5.11 Å². The number of nitrogens with zero attached hydrogens (tertiary/aromatic N) is 2. The average molecular weight is 419 g/mol. The van der Waals surface area contributed by atoms with Gasteiger partial charge in [-0.3, -0.25) is 9.59 Å². The maximum Gasteiger partial charge on any atom is 0.313 e. The van der Waals surface area contributed by atoms with E-state index in [1.165, 1.54) is 18.7 Å². The van der Waals surface area contributed by atoms with Gasteiger partial charge in [0, 0.05) is 23.6 Å². The summed E-state index contributed by atoms with van der Waals surface area (Å²) in [4.78, 5) is 26.2. The van der Waals surface area contributed by atoms with Gasteiger partial charge in [0.25, 0.3) is 0 Å². The maximum atomic E-state index is 11.0. The zero-order valence-electron chi connectivity index (χ0n) is 11.3. The Labute approximate surface area is 139 Å². The molecule has 1 aromatic heterocycles. The summed E-state index contributed by atoms with van der Waals surface area (Å²) in [7, 11) is 0. The van der Waals surface area contributed by atoms with Crippen molar-refractivity contribution in [2.75, 3.05) is 12.3 Å². The van der Waals surface area contributed by atoms with E-state index in [9.17, 15) is 9.59 Å². The Hall–Kier alpha value is -1.29. The number of thioether (sulfide) groups is 1. The van der Waals surface area contributed by atoms with Gasteiger partial charge in [-0.05, 0) is 40.8 Å². The predicted molar refractivity (Wildman–Crippen MR) is 89.5 cm³/mol. The van der Waals surface area contributed by atoms with Gasteiger partial charge in [0.05, 0.1) is 16.8 Å². The minimum atomic E-state index is -0.880. The van der Waals surface area contributed by atoms with E-state index in [0.717, 1.165) is 14.6 Å². The Bertz CT molecular complexity index is 687. The summed E-state index contributed by atoms with van der Waals surface area (Å²) in [6.45, 7) is 2.50. The van der Waals surface area contributed by atoms with E-state index in [1.807, 2.05) is 22.8 Å². The van der Waals surface area contributed by atoms with Crippen molar-refractivity contribution >= 4 is 57.3 Å². The summed E-state index contributed by atoms with van der Waals surface area (Å²) in [5.74, 6) is -1.01. The lowest BCUT2D eigenvalue weighted by atomic mass is 10.3. The van der Waals surface area contributed by atoms with Crippen LogP contribution >= 0.6 is 34.4 Å². The molecule has 0 atom stereocenters. The fraction of sp³-hybridized carbons (Fsp3) is 0.308. The summed E-state index contributed by atoms with van der Waals surface area (Å²) in [5.41, 5.74) is 1.77. The normalized spacial score (nSPS) is 10.8. The fourth-order valence-electron chi connectivity index (χ4n) is 1.88. The third kappa shape index (κ3) is 4.34. The number of aliphatic carboxylic acids is 1. The minimum absolute atomic E-state index is 0.0411. The number of aromatic nitrogens is 2. The number of halogens is 1. The standard InChI is InChI=1S/C13H14IN3O3S/c1-8(18)15-4-5-17-11-3-2-9(14)6-10(11)16-13(17)21-7-12(19)20/h2-3,6H,4-5,7H2,1H3,(H,15,18)(H,19,20). The van der Waals surface area contributed by atoms with Crippen molar-refractivity contribution in [1.29, 1.82) is 0 Å². The summed E-state index contributed by atoms with van der Waals surface area (Å²) in [5, 5.41) is 12.2. The van der Waals surface area contributed by atoms with Crippen LogP contribution in [0.1, 0.15) is 6.92 Å². The van der Waals surface area contributed by atoms with E-state index in [2.05, 4.69) is 32.9 Å². The first-order chi connectivity index (χ1) is 9.97. The quantitative estimate of drug-likeness (QED) is 0.553. The number of benzene rings is 1. The molecule has 0 spiro atoms. The highest BCUT2D eigenvalue weighted by atomic mass is 127. The number of rotatable bonds is 6. The first-order valence-corrected chi connectivity index (χ1v) is 8.28. The van der Waals surface area contributed by atoms with Crippen LogP contribution in [-0.2, 0) is 16.1 Å². The molecule has 1 heterocycles. The molecule has 6 nitrogen and oxygen atoms in total. The van der Waals surface area contributed by atoms with Crippen molar-refractivity contribution in [2.45, 2.75) is 18.6 Å². The average Bonchev–Trinajstić information content (AvgIpc) is 2.73. The molecule has 0 saturated heterocycles. The fourth-order valence-corrected chi connectivity index (χ4v) is 3.11. The molecular weight excluding hydrogens is 405 g/mol. The summed E-state index contributed by atoms with van der Waals surface area (Å²) >= 11 is 3.39. The SMILES string of the molecule is CC(=O)NCCn1c(SCC(=O)O)nc2cc(I)ccc21. The van der Waals surface area contributed by atoms with Gasteiger partial charge in [0.2, 0.25) is 5.91 Å². The number of carbonyl (C=O) groups is 2. The lowest BCUT2D eigenvalue weighted by Crippen LogP contribution is -2.24. The Balaban J connectivity index is 2.29. The van der Waals surface area contributed by atoms with Crippen LogP contribution in [0, 0.1) is 3.57 Å². The highest BCUT2D eigenvalue weighted by Crippen LogP contribution is 2.25. The molecule has 0 fully saturated rings. The van der Waals surface area contributed by atoms with Gasteiger partial charge in [0.1, 0.15) is 0 Å². The Kier molecular flexibility index (Phi) is 5.45. The van der Waals surface area contributed by atoms with Crippen molar-refractivity contribution in [2.24, 2.45) is 0 Å². The number of carbonyl (C=O) groups excluding carboxylic acids is 1. The first-order valence-electron chi connectivity index (χ1n) is 6.22. The number of hydrogen-bond acceptors (Lipinski definition) is 4. The number of fused-ring (bicyclic) bond motifs is 1. The van der Waals surface area contributed by atoms with Crippen LogP contribution in [0.5, 0.6) is 0 Å². The molecule has 112 valence electrons. The second-order valence-corrected chi connectivity index (χ2v) is 6.53. The third-order valence-electron chi connectivity index (χ3n) is 2.71. The zero-order chi connectivity index (χ0) is 15.4. The number of imidazole rings is 1. The molecule has 21 heavy (non-hydrogen) atoms. The zero-order valence-corrected chi connectivity index (χ0v) is 14.3. The number of carboxylic acid groups (broad SMARTS) is 1. The smallest absolute Gasteiger partial charge is 0.313 e. The predicted octanol–water partition coefficient (Wildman–Crippen LogP) is 1.95. The lowest BCUT2D eigenvalue weighted by Gasteiger charge is -2.08. The molecule has 0 aliphatic heterocycles. The van der Waals surface area contributed by atoms with Gasteiger partial charge in [0.15, 0.2) is 5.16 Å². The third-order valence-corrected chi connectivity index (χ3v) is 4.34. The maximum absolute atomic E-state index is 11.0. The molecule has 0 radical (unpaired) electrons. The topological polar surface area (TPSA) is 84.2 Å². The second kappa shape index (κ2) is 7.12. The van der Waals surface area contributed by atoms with Crippen molar-refractivity contribution < 1.29 is 14.7 Å². The molecular formula is C13H14IN3O3S. The van der Waals surface area contributed by atoms with Crippen LogP contribution in [0.3, 0.4) is 0 Å². The van der Waals surface area contributed by atoms with Crippen LogP contribution < -0.4 is 5.32 Å². The Morgan fingerprint density at radius 3 is 2.90 bits per heavy atom. The van der Waals surface area contributed by atoms with Gasteiger partial charge in [-0.2, -0.15) is 0 Å². The number of carboxylic acids is 1. The first kappa shape index (κ1) is 16.1. The van der Waals surface area contributed by atoms with Crippen LogP contribution in [0.4, 0.5) is 0 Å². The monoisotopic (exact) mass is 419 g/mol. The van der Waals surface area contributed by atoms with Crippen molar-refractivity contribution in [3.8, 4) is 0 Å². The summed E-state index contributed by atoms with van der Waals surface area (Å²) in [6, 6.07) is 5.89. The molecule has 0 aliphatic rings. The molecule has 8 heteroatoms. The Morgan fingerprint density at radius 2 is 2.24 bits per heavy atom. The Morgan fingerprint density at radius 1 is 1.48 bits per heavy atom. The van der Waals surface area contributed by atoms with Gasteiger partial charge in [-0.25, -0.2) is 4.98 Å². The van der Waals surface area contributed by atoms with Gasteiger partial charge >= 0.3 is 5.97 Å². The van der Waals surface area contributed by atoms with E-state index < -0.39 is 5.97 Å². The van der Waals surface area contributed by atoms with Gasteiger partial charge in [-0.15, -0.1) is 0 Å². The molecule has 2 rings (SSSR count). The summed E-state index contributed by atoms with van der Waals surface area (Å²) < 4.78 is 3.01. The van der Waals surface area contributed by atoms with E-state index >= 15 is 0 Å². The van der Waals surface area contributed by atoms with Crippen molar-refractivity contribution in [3.05, 3.63) is 21.8 Å². The van der Waals surface area contributed by atoms with Crippen molar-refractivity contribution in [1.82, 2.24) is 14.9 Å². The molecule has 0 unspecified atom stereocenters. The highest BCUT2D eigenvalue weighted by Gasteiger charge is 2.13. The molecule has 1 amide bonds. The number of hydrogen-bond donors (Lipinski definition) is 2. The molecule has 0 bridgehead atoms. The molecule has 2 N–H and O–H groups in total. The molecule has 0 saturated carbocycles. The lowest BCUT2D eigenvalue weighted by molar-refractivity contribution is -0.133. The van der Waals surface area contributed by atoms with Crippen LogP contribution in [-0.4, -0.2) is 38.8 Å². The van der Waals surface area contributed by atoms with Gasteiger partial charge < -0.3 is 15.0 Å². The van der Waals surface area contributed by atoms with Crippen molar-refractivity contribution in [3.63, 3.8) is 0 Å². The second-order valence-electron chi connectivity index (χ2n) is 4.34. The van der Waals surface area contributed by atoms with Crippen LogP contribution in [0.25, 0.3) is 11.0 Å². The number of amides is 1. The van der Waals surface area contributed by atoms with E-state index in [-0.39, 0.29) is 11.7 Å². The van der Waals surface area contributed by atoms with E-state index in [1.54, 1.807) is 0 Å². The van der Waals surface area contributed by atoms with Gasteiger partial charge in [-0.1, -0.05) is 11.8 Å². The summed E-state index contributed by atoms with van der Waals surface area (Å²) in [6.07, 6.45) is 0. The van der Waals surface area contributed by atoms with E-state index in [0.29, 0.717) is 18.2 Å². The van der Waals surface area contributed by atoms with Crippen LogP contribution in [0.2, 0.25) is 0 Å². The molecule has 0 aliphatic carbocycles.